The summed E-state index contributed by atoms with van der Waals surface area (Å²) in [5, 5.41) is 5.07. The van der Waals surface area contributed by atoms with Gasteiger partial charge in [0.25, 0.3) is 5.91 Å². The summed E-state index contributed by atoms with van der Waals surface area (Å²) in [6.07, 6.45) is 7.29. The van der Waals surface area contributed by atoms with E-state index >= 15 is 0 Å². The molecular weight excluding hydrogens is 418 g/mol. The fourth-order valence-electron chi connectivity index (χ4n) is 3.91. The Morgan fingerprint density at radius 3 is 2.32 bits per heavy atom. The summed E-state index contributed by atoms with van der Waals surface area (Å²) in [5.74, 6) is 1.07. The number of thiazole rings is 1. The first-order chi connectivity index (χ1) is 15.0. The van der Waals surface area contributed by atoms with E-state index in [1.54, 1.807) is 28.6 Å². The van der Waals surface area contributed by atoms with Crippen molar-refractivity contribution in [3.8, 4) is 17.2 Å². The summed E-state index contributed by atoms with van der Waals surface area (Å²) in [6.45, 7) is 0.479. The van der Waals surface area contributed by atoms with Crippen LogP contribution < -0.4 is 19.5 Å². The van der Waals surface area contributed by atoms with Gasteiger partial charge in [0, 0.05) is 23.7 Å². The molecule has 8 nitrogen and oxygen atoms in total. The van der Waals surface area contributed by atoms with Crippen LogP contribution in [0.15, 0.2) is 23.7 Å². The van der Waals surface area contributed by atoms with Crippen LogP contribution in [0.2, 0.25) is 0 Å². The van der Waals surface area contributed by atoms with E-state index in [1.807, 2.05) is 0 Å². The zero-order valence-corrected chi connectivity index (χ0v) is 19.0. The second kappa shape index (κ2) is 11.0. The van der Waals surface area contributed by atoms with Crippen LogP contribution in [0, 0.1) is 5.92 Å². The highest BCUT2D eigenvalue weighted by Gasteiger charge is 2.26. The maximum Gasteiger partial charge on any atom is 0.254 e. The van der Waals surface area contributed by atoms with E-state index < -0.39 is 0 Å². The highest BCUT2D eigenvalue weighted by atomic mass is 32.1. The molecule has 168 valence electrons. The quantitative estimate of drug-likeness (QED) is 0.628. The molecule has 1 aromatic carbocycles. The minimum absolute atomic E-state index is 0.0500. The van der Waals surface area contributed by atoms with Crippen molar-refractivity contribution < 1.29 is 23.8 Å². The first-order valence-corrected chi connectivity index (χ1v) is 11.2. The van der Waals surface area contributed by atoms with Crippen molar-refractivity contribution in [2.24, 2.45) is 5.92 Å². The molecule has 2 amide bonds. The lowest BCUT2D eigenvalue weighted by Gasteiger charge is -2.29. The number of anilines is 1. The molecule has 1 saturated carbocycles. The molecule has 3 rings (SSSR count). The Bertz CT molecular complexity index is 856. The number of carbonyl (C=O) groups is 2. The van der Waals surface area contributed by atoms with Crippen LogP contribution in [0.3, 0.4) is 0 Å². The predicted octanol–water partition coefficient (Wildman–Crippen LogP) is 3.83. The molecule has 2 aromatic rings. The Hall–Kier alpha value is -2.81. The number of rotatable bonds is 9. The maximum absolute atomic E-state index is 13.5. The molecule has 0 bridgehead atoms. The average Bonchev–Trinajstić information content (AvgIpc) is 3.30. The Morgan fingerprint density at radius 1 is 1.10 bits per heavy atom. The van der Waals surface area contributed by atoms with E-state index in [4.69, 9.17) is 14.2 Å². The van der Waals surface area contributed by atoms with Crippen molar-refractivity contribution in [1.29, 1.82) is 0 Å². The third-order valence-corrected chi connectivity index (χ3v) is 6.10. The Balaban J connectivity index is 1.84. The molecule has 1 aromatic heterocycles. The minimum Gasteiger partial charge on any atom is -0.493 e. The van der Waals surface area contributed by atoms with Crippen LogP contribution in [-0.2, 0) is 4.79 Å². The minimum atomic E-state index is -0.272. The van der Waals surface area contributed by atoms with Gasteiger partial charge in [-0.25, -0.2) is 4.98 Å². The molecule has 0 spiro atoms. The Morgan fingerprint density at radius 2 is 1.77 bits per heavy atom. The van der Waals surface area contributed by atoms with Gasteiger partial charge in [-0.3, -0.25) is 9.59 Å². The van der Waals surface area contributed by atoms with Crippen molar-refractivity contribution in [3.63, 3.8) is 0 Å². The molecule has 9 heteroatoms. The van der Waals surface area contributed by atoms with Gasteiger partial charge in [-0.15, -0.1) is 11.3 Å². The summed E-state index contributed by atoms with van der Waals surface area (Å²) in [4.78, 5) is 31.8. The van der Waals surface area contributed by atoms with Gasteiger partial charge in [-0.05, 0) is 30.9 Å². The smallest absolute Gasteiger partial charge is 0.254 e. The van der Waals surface area contributed by atoms with Crippen molar-refractivity contribution in [2.45, 2.75) is 32.1 Å². The summed E-state index contributed by atoms with van der Waals surface area (Å²) >= 11 is 1.34. The topological polar surface area (TPSA) is 90.0 Å². The first kappa shape index (κ1) is 22.9. The number of aromatic nitrogens is 1. The number of nitrogens with one attached hydrogen (secondary N) is 1. The van der Waals surface area contributed by atoms with Gasteiger partial charge in [0.05, 0.1) is 21.3 Å². The normalized spacial score (nSPS) is 14.0. The SMILES string of the molecule is COc1cc(C(=O)N(CC(=O)Nc2nccs2)CC2CCCCC2)cc(OC)c1OC. The summed E-state index contributed by atoms with van der Waals surface area (Å²) in [5.41, 5.74) is 0.382. The molecule has 0 saturated heterocycles. The summed E-state index contributed by atoms with van der Waals surface area (Å²) < 4.78 is 16.1. The third-order valence-electron chi connectivity index (χ3n) is 5.42. The number of methoxy groups -OCH3 is 3. The lowest BCUT2D eigenvalue weighted by atomic mass is 9.89. The standard InChI is InChI=1S/C22H29N3O5S/c1-28-17-11-16(12-18(29-2)20(17)30-3)21(27)25(13-15-7-5-4-6-8-15)14-19(26)24-22-23-9-10-31-22/h9-12,15H,4-8,13-14H2,1-3H3,(H,23,24,26). The van der Waals surface area contributed by atoms with Crippen LogP contribution in [0.1, 0.15) is 42.5 Å². The first-order valence-electron chi connectivity index (χ1n) is 10.3. The van der Waals surface area contributed by atoms with Gasteiger partial charge in [0.1, 0.15) is 6.54 Å². The number of benzene rings is 1. The molecule has 1 fully saturated rings. The number of hydrogen-bond donors (Lipinski definition) is 1. The fourth-order valence-corrected chi connectivity index (χ4v) is 4.45. The Labute approximate surface area is 186 Å². The third kappa shape index (κ3) is 5.88. The van der Waals surface area contributed by atoms with Gasteiger partial charge >= 0.3 is 0 Å². The van der Waals surface area contributed by atoms with Crippen LogP contribution >= 0.6 is 11.3 Å². The van der Waals surface area contributed by atoms with Gasteiger partial charge in [-0.1, -0.05) is 19.3 Å². The van der Waals surface area contributed by atoms with Gasteiger partial charge in [-0.2, -0.15) is 0 Å². The fraction of sp³-hybridized carbons (Fsp3) is 0.500. The van der Waals surface area contributed by atoms with Crippen molar-refractivity contribution >= 4 is 28.3 Å². The number of hydrogen-bond acceptors (Lipinski definition) is 7. The highest BCUT2D eigenvalue weighted by Crippen LogP contribution is 2.38. The molecule has 1 heterocycles. The molecular formula is C22H29N3O5S. The molecule has 0 atom stereocenters. The second-order valence-electron chi connectivity index (χ2n) is 7.49. The Kier molecular flexibility index (Phi) is 8.11. The maximum atomic E-state index is 13.5. The van der Waals surface area contributed by atoms with E-state index in [0.717, 1.165) is 25.7 Å². The highest BCUT2D eigenvalue weighted by molar-refractivity contribution is 7.13. The molecule has 0 radical (unpaired) electrons. The largest absolute Gasteiger partial charge is 0.493 e. The molecule has 31 heavy (non-hydrogen) atoms. The monoisotopic (exact) mass is 447 g/mol. The predicted molar refractivity (Wildman–Crippen MR) is 119 cm³/mol. The van der Waals surface area contributed by atoms with Gasteiger partial charge < -0.3 is 24.4 Å². The van der Waals surface area contributed by atoms with Crippen LogP contribution in [-0.4, -0.2) is 56.1 Å². The van der Waals surface area contributed by atoms with Gasteiger partial charge in [0.15, 0.2) is 16.6 Å². The summed E-state index contributed by atoms with van der Waals surface area (Å²) in [6, 6.07) is 3.24. The van der Waals surface area contributed by atoms with E-state index in [1.165, 1.54) is 39.1 Å². The van der Waals surface area contributed by atoms with Crippen LogP contribution in [0.5, 0.6) is 17.2 Å². The molecule has 1 aliphatic rings. The van der Waals surface area contributed by atoms with E-state index in [-0.39, 0.29) is 18.4 Å². The average molecular weight is 448 g/mol. The summed E-state index contributed by atoms with van der Waals surface area (Å²) in [7, 11) is 4.53. The van der Waals surface area contributed by atoms with Gasteiger partial charge in [0.2, 0.25) is 11.7 Å². The molecule has 1 N–H and O–H groups in total. The lowest BCUT2D eigenvalue weighted by molar-refractivity contribution is -0.117. The lowest BCUT2D eigenvalue weighted by Crippen LogP contribution is -2.41. The van der Waals surface area contributed by atoms with Crippen LogP contribution in [0.4, 0.5) is 5.13 Å². The number of nitrogens with zero attached hydrogens (tertiary/aromatic N) is 2. The van der Waals surface area contributed by atoms with Crippen molar-refractivity contribution in [3.05, 3.63) is 29.3 Å². The van der Waals surface area contributed by atoms with E-state index in [9.17, 15) is 9.59 Å². The molecule has 0 aliphatic heterocycles. The number of ether oxygens (including phenoxy) is 3. The second-order valence-corrected chi connectivity index (χ2v) is 8.38. The van der Waals surface area contributed by atoms with E-state index in [2.05, 4.69) is 10.3 Å². The molecule has 0 unspecified atom stereocenters. The number of carbonyl (C=O) groups excluding carboxylic acids is 2. The van der Waals surface area contributed by atoms with Crippen molar-refractivity contribution in [1.82, 2.24) is 9.88 Å². The van der Waals surface area contributed by atoms with Crippen LogP contribution in [0.25, 0.3) is 0 Å². The molecule has 1 aliphatic carbocycles. The van der Waals surface area contributed by atoms with Crippen molar-refractivity contribution in [2.75, 3.05) is 39.7 Å². The zero-order valence-electron chi connectivity index (χ0n) is 18.2. The number of amides is 2. The van der Waals surface area contributed by atoms with E-state index in [0.29, 0.717) is 40.4 Å². The zero-order chi connectivity index (χ0) is 22.2.